The number of amides is 1. The van der Waals surface area contributed by atoms with Crippen LogP contribution in [0, 0.1) is 0 Å². The molecule has 0 aromatic heterocycles. The number of aryl methyl sites for hydroxylation is 1. The summed E-state index contributed by atoms with van der Waals surface area (Å²) in [5, 5.41) is 0. The molecule has 1 atom stereocenters. The van der Waals surface area contributed by atoms with Gasteiger partial charge < -0.3 is 10.6 Å². The second kappa shape index (κ2) is 5.21. The van der Waals surface area contributed by atoms with Gasteiger partial charge in [-0.15, -0.1) is 0 Å². The van der Waals surface area contributed by atoms with Gasteiger partial charge in [-0.1, -0.05) is 24.3 Å². The summed E-state index contributed by atoms with van der Waals surface area (Å²) in [4.78, 5) is 14.4. The molecule has 0 radical (unpaired) electrons. The van der Waals surface area contributed by atoms with Gasteiger partial charge in [0.1, 0.15) is 0 Å². The van der Waals surface area contributed by atoms with E-state index in [0.717, 1.165) is 32.1 Å². The number of nitrogens with zero attached hydrogens (tertiary/aromatic N) is 1. The summed E-state index contributed by atoms with van der Waals surface area (Å²) in [7, 11) is 1.94. The molecule has 20 heavy (non-hydrogen) atoms. The smallest absolute Gasteiger partial charge is 0.224 e. The van der Waals surface area contributed by atoms with Crippen LogP contribution in [0.1, 0.15) is 55.7 Å². The highest BCUT2D eigenvalue weighted by atomic mass is 16.2. The number of rotatable bonds is 3. The standard InChI is InChI=1S/C17H24N2O/c1-19(16(20)12-17(18)10-5-11-17)15-9-4-7-13-6-2-3-8-14(13)15/h2-3,6,8,15H,4-5,7,9-12,18H2,1H3. The maximum atomic E-state index is 12.5. The first-order chi connectivity index (χ1) is 9.59. The van der Waals surface area contributed by atoms with E-state index < -0.39 is 0 Å². The van der Waals surface area contributed by atoms with E-state index in [1.807, 2.05) is 11.9 Å². The van der Waals surface area contributed by atoms with Crippen LogP contribution >= 0.6 is 0 Å². The van der Waals surface area contributed by atoms with Crippen molar-refractivity contribution in [3.63, 3.8) is 0 Å². The lowest BCUT2D eigenvalue weighted by Gasteiger charge is -2.40. The Balaban J connectivity index is 1.74. The molecular weight excluding hydrogens is 248 g/mol. The summed E-state index contributed by atoms with van der Waals surface area (Å²) in [6.45, 7) is 0. The molecule has 1 unspecified atom stereocenters. The lowest BCUT2D eigenvalue weighted by molar-refractivity contribution is -0.134. The number of benzene rings is 1. The van der Waals surface area contributed by atoms with Gasteiger partial charge in [-0.25, -0.2) is 0 Å². The molecule has 1 saturated carbocycles. The molecule has 2 N–H and O–H groups in total. The summed E-state index contributed by atoms with van der Waals surface area (Å²) in [6, 6.07) is 8.76. The van der Waals surface area contributed by atoms with E-state index in [9.17, 15) is 4.79 Å². The van der Waals surface area contributed by atoms with Crippen molar-refractivity contribution in [2.45, 2.75) is 56.5 Å². The summed E-state index contributed by atoms with van der Waals surface area (Å²) in [6.07, 6.45) is 7.02. The Morgan fingerprint density at radius 1 is 1.35 bits per heavy atom. The molecule has 3 heteroatoms. The molecule has 0 bridgehead atoms. The van der Waals surface area contributed by atoms with Crippen LogP contribution in [0.25, 0.3) is 0 Å². The van der Waals surface area contributed by atoms with Crippen LogP contribution in [0.5, 0.6) is 0 Å². The predicted molar refractivity (Wildman–Crippen MR) is 80.3 cm³/mol. The number of nitrogens with two attached hydrogens (primary N) is 1. The van der Waals surface area contributed by atoms with Crippen LogP contribution in [0.4, 0.5) is 0 Å². The maximum Gasteiger partial charge on any atom is 0.224 e. The van der Waals surface area contributed by atoms with Gasteiger partial charge in [0.2, 0.25) is 5.91 Å². The highest BCUT2D eigenvalue weighted by Crippen LogP contribution is 2.36. The molecule has 2 aliphatic carbocycles. The van der Waals surface area contributed by atoms with Gasteiger partial charge in [0.25, 0.3) is 0 Å². The van der Waals surface area contributed by atoms with Crippen LogP contribution < -0.4 is 5.73 Å². The van der Waals surface area contributed by atoms with Gasteiger partial charge in [-0.05, 0) is 49.7 Å². The number of carbonyl (C=O) groups is 1. The minimum absolute atomic E-state index is 0.203. The van der Waals surface area contributed by atoms with E-state index >= 15 is 0 Å². The summed E-state index contributed by atoms with van der Waals surface area (Å²) >= 11 is 0. The second-order valence-corrected chi connectivity index (χ2v) is 6.50. The van der Waals surface area contributed by atoms with Crippen molar-refractivity contribution in [1.82, 2.24) is 4.90 Å². The fourth-order valence-corrected chi connectivity index (χ4v) is 3.54. The molecular formula is C17H24N2O. The van der Waals surface area contributed by atoms with Crippen LogP contribution in [-0.2, 0) is 11.2 Å². The van der Waals surface area contributed by atoms with Crippen molar-refractivity contribution >= 4 is 5.91 Å². The maximum absolute atomic E-state index is 12.5. The van der Waals surface area contributed by atoms with Crippen LogP contribution in [0.3, 0.4) is 0 Å². The van der Waals surface area contributed by atoms with Crippen molar-refractivity contribution in [3.8, 4) is 0 Å². The fourth-order valence-electron chi connectivity index (χ4n) is 3.54. The average molecular weight is 272 g/mol. The lowest BCUT2D eigenvalue weighted by Crippen LogP contribution is -2.50. The highest BCUT2D eigenvalue weighted by molar-refractivity contribution is 5.78. The summed E-state index contributed by atoms with van der Waals surface area (Å²) in [5.74, 6) is 0.203. The quantitative estimate of drug-likeness (QED) is 0.919. The zero-order valence-electron chi connectivity index (χ0n) is 12.3. The highest BCUT2D eigenvalue weighted by Gasteiger charge is 2.37. The lowest BCUT2D eigenvalue weighted by atomic mass is 9.75. The third-order valence-electron chi connectivity index (χ3n) is 5.05. The van der Waals surface area contributed by atoms with E-state index in [0.29, 0.717) is 6.42 Å². The fraction of sp³-hybridized carbons (Fsp3) is 0.588. The predicted octanol–water partition coefficient (Wildman–Crippen LogP) is 2.79. The molecule has 1 fully saturated rings. The van der Waals surface area contributed by atoms with Crippen LogP contribution in [0.2, 0.25) is 0 Å². The number of carbonyl (C=O) groups excluding carboxylic acids is 1. The van der Waals surface area contributed by atoms with Crippen molar-refractivity contribution in [3.05, 3.63) is 35.4 Å². The van der Waals surface area contributed by atoms with E-state index in [1.165, 1.54) is 17.5 Å². The molecule has 0 spiro atoms. The monoisotopic (exact) mass is 272 g/mol. The first-order valence-electron chi connectivity index (χ1n) is 7.71. The Hall–Kier alpha value is -1.35. The van der Waals surface area contributed by atoms with Crippen molar-refractivity contribution in [2.24, 2.45) is 5.73 Å². The second-order valence-electron chi connectivity index (χ2n) is 6.50. The molecule has 0 saturated heterocycles. The van der Waals surface area contributed by atoms with Crippen molar-refractivity contribution < 1.29 is 4.79 Å². The zero-order chi connectivity index (χ0) is 14.2. The molecule has 0 heterocycles. The Morgan fingerprint density at radius 2 is 2.10 bits per heavy atom. The Labute approximate surface area is 121 Å². The number of hydrogen-bond acceptors (Lipinski definition) is 2. The van der Waals surface area contributed by atoms with E-state index in [4.69, 9.17) is 5.73 Å². The number of fused-ring (bicyclic) bond motifs is 1. The van der Waals surface area contributed by atoms with Gasteiger partial charge >= 0.3 is 0 Å². The minimum Gasteiger partial charge on any atom is -0.339 e. The molecule has 3 nitrogen and oxygen atoms in total. The van der Waals surface area contributed by atoms with Gasteiger partial charge in [-0.2, -0.15) is 0 Å². The summed E-state index contributed by atoms with van der Waals surface area (Å²) in [5.41, 5.74) is 8.72. The van der Waals surface area contributed by atoms with Gasteiger partial charge in [-0.3, -0.25) is 4.79 Å². The third-order valence-corrected chi connectivity index (χ3v) is 5.05. The van der Waals surface area contributed by atoms with Gasteiger partial charge in [0.15, 0.2) is 0 Å². The molecule has 1 aromatic rings. The van der Waals surface area contributed by atoms with Crippen LogP contribution in [-0.4, -0.2) is 23.4 Å². The third kappa shape index (κ3) is 2.47. The first-order valence-corrected chi connectivity index (χ1v) is 7.71. The number of hydrogen-bond donors (Lipinski definition) is 1. The zero-order valence-corrected chi connectivity index (χ0v) is 12.3. The van der Waals surface area contributed by atoms with Crippen molar-refractivity contribution in [1.29, 1.82) is 0 Å². The van der Waals surface area contributed by atoms with E-state index in [1.54, 1.807) is 0 Å². The Kier molecular flexibility index (Phi) is 3.55. The first kappa shape index (κ1) is 13.6. The molecule has 2 aliphatic rings. The SMILES string of the molecule is CN(C(=O)CC1(N)CCC1)C1CCCc2ccccc21. The minimum atomic E-state index is -0.223. The topological polar surface area (TPSA) is 46.3 Å². The Bertz CT molecular complexity index is 507. The average Bonchev–Trinajstić information content (AvgIpc) is 2.44. The molecule has 108 valence electrons. The largest absolute Gasteiger partial charge is 0.339 e. The molecule has 3 rings (SSSR count). The van der Waals surface area contributed by atoms with Crippen LogP contribution in [0.15, 0.2) is 24.3 Å². The molecule has 1 aromatic carbocycles. The van der Waals surface area contributed by atoms with E-state index in [-0.39, 0.29) is 17.5 Å². The molecule has 0 aliphatic heterocycles. The van der Waals surface area contributed by atoms with Gasteiger partial charge in [0.05, 0.1) is 6.04 Å². The Morgan fingerprint density at radius 3 is 2.80 bits per heavy atom. The molecule has 1 amide bonds. The normalized spacial score (nSPS) is 23.6. The van der Waals surface area contributed by atoms with E-state index in [2.05, 4.69) is 24.3 Å². The van der Waals surface area contributed by atoms with Crippen molar-refractivity contribution in [2.75, 3.05) is 7.05 Å². The van der Waals surface area contributed by atoms with Gasteiger partial charge in [0, 0.05) is 19.0 Å². The summed E-state index contributed by atoms with van der Waals surface area (Å²) < 4.78 is 0.